The van der Waals surface area contributed by atoms with Gasteiger partial charge in [-0.05, 0) is 74.9 Å². The smallest absolute Gasteiger partial charge is 0.317 e. The number of benzene rings is 2. The van der Waals surface area contributed by atoms with E-state index in [9.17, 15) is 19.3 Å². The zero-order chi connectivity index (χ0) is 33.0. The minimum Gasteiger partial charge on any atom is -0.497 e. The van der Waals surface area contributed by atoms with E-state index in [4.69, 9.17) is 21.1 Å². The first-order chi connectivity index (χ1) is 22.0. The number of esters is 1. The monoisotopic (exact) mass is 663 g/mol. The third kappa shape index (κ3) is 7.41. The van der Waals surface area contributed by atoms with Gasteiger partial charge in [0.1, 0.15) is 5.75 Å². The molecule has 1 amide bonds. The molecule has 2 aromatic carbocycles. The minimum atomic E-state index is -0.572. The lowest BCUT2D eigenvalue weighted by atomic mass is 10.1. The number of hydrogen-bond donors (Lipinski definition) is 0. The Hall–Kier alpha value is -4.26. The van der Waals surface area contributed by atoms with Crippen molar-refractivity contribution in [2.75, 3.05) is 39.8 Å². The molecule has 0 radical (unpaired) electrons. The molecule has 4 aromatic rings. The molecule has 0 saturated carbocycles. The summed E-state index contributed by atoms with van der Waals surface area (Å²) in [5.74, 6) is -0.343. The molecule has 3 heterocycles. The number of pyridine rings is 1. The van der Waals surface area contributed by atoms with E-state index in [2.05, 4.69) is 14.5 Å². The summed E-state index contributed by atoms with van der Waals surface area (Å²) < 4.78 is 15.2. The van der Waals surface area contributed by atoms with E-state index in [1.54, 1.807) is 72.0 Å². The maximum Gasteiger partial charge on any atom is 0.317 e. The number of fused-ring (bicyclic) bond motifs is 1. The van der Waals surface area contributed by atoms with Crippen LogP contribution in [0.5, 0.6) is 11.6 Å². The van der Waals surface area contributed by atoms with Crippen molar-refractivity contribution in [3.8, 4) is 11.6 Å². The Balaban J connectivity index is 1.26. The van der Waals surface area contributed by atoms with Crippen molar-refractivity contribution in [2.45, 2.75) is 31.9 Å². The zero-order valence-corrected chi connectivity index (χ0v) is 27.6. The number of nitroso groups, excluding NO2 is 1. The third-order valence-electron chi connectivity index (χ3n) is 7.91. The molecule has 5 rings (SSSR count). The molecule has 46 heavy (non-hydrogen) atoms. The number of rotatable bonds is 10. The van der Waals surface area contributed by atoms with Gasteiger partial charge in [-0.25, -0.2) is 4.98 Å². The van der Waals surface area contributed by atoms with Gasteiger partial charge >= 0.3 is 5.97 Å². The van der Waals surface area contributed by atoms with Crippen LogP contribution in [-0.4, -0.2) is 81.7 Å². The fraction of sp³-hybridized carbons (Fsp3) is 0.333. The highest BCUT2D eigenvalue weighted by Crippen LogP contribution is 2.31. The van der Waals surface area contributed by atoms with Gasteiger partial charge in [0.25, 0.3) is 11.8 Å². The highest BCUT2D eigenvalue weighted by Gasteiger charge is 2.28. The van der Waals surface area contributed by atoms with E-state index in [1.807, 2.05) is 13.8 Å². The molecule has 11 nitrogen and oxygen atoms in total. The Bertz CT molecular complexity index is 1770. The van der Waals surface area contributed by atoms with Gasteiger partial charge < -0.3 is 14.4 Å². The van der Waals surface area contributed by atoms with E-state index in [0.717, 1.165) is 11.9 Å². The number of hydrogen-bond acceptors (Lipinski definition) is 10. The van der Waals surface area contributed by atoms with Gasteiger partial charge in [-0.1, -0.05) is 11.6 Å². The fourth-order valence-corrected chi connectivity index (χ4v) is 6.19. The van der Waals surface area contributed by atoms with E-state index in [-0.39, 0.29) is 28.9 Å². The molecule has 0 unspecified atom stereocenters. The van der Waals surface area contributed by atoms with E-state index >= 15 is 0 Å². The predicted molar refractivity (Wildman–Crippen MR) is 178 cm³/mol. The Morgan fingerprint density at radius 3 is 2.30 bits per heavy atom. The molecule has 1 aliphatic heterocycles. The van der Waals surface area contributed by atoms with Crippen molar-refractivity contribution < 1.29 is 23.9 Å². The van der Waals surface area contributed by atoms with Crippen molar-refractivity contribution in [1.82, 2.24) is 19.4 Å². The van der Waals surface area contributed by atoms with Gasteiger partial charge in [-0.2, -0.15) is 0 Å². The molecule has 1 fully saturated rings. The molecular weight excluding hydrogens is 630 g/mol. The summed E-state index contributed by atoms with van der Waals surface area (Å²) in [5.41, 5.74) is 2.68. The normalized spacial score (nSPS) is 13.9. The van der Waals surface area contributed by atoms with Crippen LogP contribution in [0, 0.1) is 11.8 Å². The van der Waals surface area contributed by atoms with Crippen LogP contribution in [0.4, 0.5) is 0 Å². The summed E-state index contributed by atoms with van der Waals surface area (Å²) in [4.78, 5) is 58.7. The molecule has 240 valence electrons. The largest absolute Gasteiger partial charge is 0.497 e. The number of ether oxygens (including phenoxy) is 2. The lowest BCUT2D eigenvalue weighted by molar-refractivity contribution is -0.133. The molecule has 0 spiro atoms. The number of piperazine rings is 1. The quantitative estimate of drug-likeness (QED) is 0.118. The first kappa shape index (κ1) is 33.1. The SMILES string of the molecule is COc1ccc2c(c1)c(CC(=O)Oc1ccc(C(=O)N3CCN(CC(C)(C)SN=O)CC3)cn1)c(C)n2C(=O)c1ccc(Cl)cc1. The first-order valence-corrected chi connectivity index (χ1v) is 15.8. The second-order valence-corrected chi connectivity index (χ2v) is 13.5. The van der Waals surface area contributed by atoms with Crippen molar-refractivity contribution in [3.63, 3.8) is 0 Å². The van der Waals surface area contributed by atoms with Crippen LogP contribution >= 0.6 is 23.5 Å². The Morgan fingerprint density at radius 2 is 1.67 bits per heavy atom. The van der Waals surface area contributed by atoms with Crippen molar-refractivity contribution >= 4 is 52.2 Å². The zero-order valence-electron chi connectivity index (χ0n) is 26.0. The number of aromatic nitrogens is 2. The van der Waals surface area contributed by atoms with Crippen LogP contribution in [0.2, 0.25) is 5.02 Å². The van der Waals surface area contributed by atoms with Crippen LogP contribution in [0.15, 0.2) is 65.4 Å². The summed E-state index contributed by atoms with van der Waals surface area (Å²) in [7, 11) is 1.55. The first-order valence-electron chi connectivity index (χ1n) is 14.7. The van der Waals surface area contributed by atoms with Crippen LogP contribution in [0.25, 0.3) is 10.9 Å². The molecule has 1 saturated heterocycles. The predicted octanol–water partition coefficient (Wildman–Crippen LogP) is 5.79. The second kappa shape index (κ2) is 14.0. The molecular formula is C33H34ClN5O6S. The van der Waals surface area contributed by atoms with E-state index < -0.39 is 5.97 Å². The van der Waals surface area contributed by atoms with Crippen molar-refractivity contribution in [3.05, 3.63) is 93.1 Å². The summed E-state index contributed by atoms with van der Waals surface area (Å²) in [6.07, 6.45) is 1.28. The fourth-order valence-electron chi connectivity index (χ4n) is 5.62. The highest BCUT2D eigenvalue weighted by molar-refractivity contribution is 7.99. The van der Waals surface area contributed by atoms with Gasteiger partial charge in [0, 0.05) is 87.9 Å². The van der Waals surface area contributed by atoms with Crippen LogP contribution in [0.1, 0.15) is 45.8 Å². The van der Waals surface area contributed by atoms with Gasteiger partial charge in [0.05, 0.1) is 24.6 Å². The molecule has 0 bridgehead atoms. The van der Waals surface area contributed by atoms with Crippen molar-refractivity contribution in [1.29, 1.82) is 0 Å². The summed E-state index contributed by atoms with van der Waals surface area (Å²) in [6, 6.07) is 15.0. The van der Waals surface area contributed by atoms with Crippen molar-refractivity contribution in [2.24, 2.45) is 4.58 Å². The average Bonchev–Trinajstić information content (AvgIpc) is 3.30. The van der Waals surface area contributed by atoms with Crippen LogP contribution in [-0.2, 0) is 11.2 Å². The average molecular weight is 664 g/mol. The molecule has 2 aromatic heterocycles. The minimum absolute atomic E-state index is 0.0612. The topological polar surface area (TPSA) is 123 Å². The molecule has 0 atom stereocenters. The summed E-state index contributed by atoms with van der Waals surface area (Å²) in [5, 5.41) is 1.21. The molecule has 1 aliphatic rings. The number of methoxy groups -OCH3 is 1. The Kier molecular flexibility index (Phi) is 10.1. The second-order valence-electron chi connectivity index (χ2n) is 11.6. The molecule has 13 heteroatoms. The summed E-state index contributed by atoms with van der Waals surface area (Å²) in [6.45, 7) is 8.87. The summed E-state index contributed by atoms with van der Waals surface area (Å²) >= 11 is 7.04. The van der Waals surface area contributed by atoms with Gasteiger partial charge in [0.15, 0.2) is 0 Å². The number of carbonyl (C=O) groups excluding carboxylic acids is 3. The number of amides is 1. The number of carbonyl (C=O) groups is 3. The highest BCUT2D eigenvalue weighted by atomic mass is 35.5. The standard InChI is InChI=1S/C33H34ClN5O6S/c1-21-26(27-17-25(44-4)10-11-28(27)39(21)32(42)22-5-8-24(34)9-6-22)18-30(40)45-29-12-7-23(19-35-29)31(41)38-15-13-37(14-16-38)20-33(2,3)46-36-43/h5-12,17,19H,13-16,18,20H2,1-4H3. The van der Waals surface area contributed by atoms with Gasteiger partial charge in [-0.15, -0.1) is 4.91 Å². The maximum absolute atomic E-state index is 13.5. The maximum atomic E-state index is 13.5. The van der Waals surface area contributed by atoms with Crippen LogP contribution < -0.4 is 9.47 Å². The third-order valence-corrected chi connectivity index (χ3v) is 8.86. The Morgan fingerprint density at radius 1 is 0.978 bits per heavy atom. The Labute approximate surface area is 275 Å². The van der Waals surface area contributed by atoms with Crippen LogP contribution in [0.3, 0.4) is 0 Å². The number of nitrogens with zero attached hydrogens (tertiary/aromatic N) is 5. The van der Waals surface area contributed by atoms with Gasteiger partial charge in [0.2, 0.25) is 5.88 Å². The van der Waals surface area contributed by atoms with Gasteiger partial charge in [-0.3, -0.25) is 23.9 Å². The lowest BCUT2D eigenvalue weighted by Gasteiger charge is -2.37. The molecule has 0 aliphatic carbocycles. The lowest BCUT2D eigenvalue weighted by Crippen LogP contribution is -2.51. The van der Waals surface area contributed by atoms with E-state index in [0.29, 0.717) is 76.8 Å². The number of halogens is 1. The molecule has 0 N–H and O–H groups in total. The van der Waals surface area contributed by atoms with E-state index in [1.165, 1.54) is 12.3 Å².